The molecule has 0 fully saturated rings. The summed E-state index contributed by atoms with van der Waals surface area (Å²) in [5.74, 6) is 0. The van der Waals surface area contributed by atoms with Crippen molar-refractivity contribution in [2.45, 2.75) is 20.0 Å². The molecule has 0 aromatic heterocycles. The highest BCUT2D eigenvalue weighted by atomic mass is 15.3. The first-order valence-corrected chi connectivity index (χ1v) is 23.2. The van der Waals surface area contributed by atoms with Gasteiger partial charge in [-0.25, -0.2) is 0 Å². The maximum atomic E-state index is 10.1. The van der Waals surface area contributed by atoms with Crippen molar-refractivity contribution in [3.8, 4) is 73.8 Å². The maximum absolute atomic E-state index is 10.1. The van der Waals surface area contributed by atoms with Crippen LogP contribution in [-0.4, -0.2) is 0 Å². The van der Waals surface area contributed by atoms with Crippen molar-refractivity contribution in [1.29, 1.82) is 15.8 Å². The van der Waals surface area contributed by atoms with Crippen molar-refractivity contribution in [2.75, 3.05) is 10.2 Å². The Morgan fingerprint density at radius 1 is 0.391 bits per heavy atom. The number of anilines is 3. The number of nitrogens with one attached hydrogen (secondary N) is 1. The summed E-state index contributed by atoms with van der Waals surface area (Å²) < 4.78 is 0. The molecule has 0 saturated carbocycles. The number of fused-ring (bicyclic) bond motifs is 9. The second-order valence-corrected chi connectivity index (χ2v) is 18.3. The third kappa shape index (κ3) is 6.07. The molecule has 1 unspecified atom stereocenters. The number of nitrogens with zero attached hydrogens (tertiary/aromatic N) is 4. The summed E-state index contributed by atoms with van der Waals surface area (Å²) in [6.45, 7) is 4.13. The van der Waals surface area contributed by atoms with Gasteiger partial charge in [0.15, 0.2) is 0 Å². The molecule has 5 nitrogen and oxygen atoms in total. The van der Waals surface area contributed by atoms with E-state index in [1.807, 2.05) is 49.4 Å². The molecule has 0 radical (unpaired) electrons. The predicted octanol–water partition coefficient (Wildman–Crippen LogP) is 16.4. The van der Waals surface area contributed by atoms with Crippen molar-refractivity contribution in [1.82, 2.24) is 0 Å². The fourth-order valence-electron chi connectivity index (χ4n) is 11.3. The molecule has 1 N–H and O–H groups in total. The number of nitriles is 3. The van der Waals surface area contributed by atoms with Crippen LogP contribution in [0.3, 0.4) is 0 Å². The minimum absolute atomic E-state index is 0.0273. The number of para-hydroxylation sites is 2. The number of hydrogen-bond donors (Lipinski definition) is 1. The molecule has 5 heteroatoms. The Kier molecular flexibility index (Phi) is 8.84. The van der Waals surface area contributed by atoms with E-state index in [4.69, 9.17) is 0 Å². The number of hydrogen-bond acceptors (Lipinski definition) is 5. The van der Waals surface area contributed by atoms with Crippen molar-refractivity contribution in [3.05, 3.63) is 221 Å². The largest absolute Gasteiger partial charge is 0.359 e. The van der Waals surface area contributed by atoms with Crippen LogP contribution in [0.25, 0.3) is 98.7 Å². The molecular weight excluding hydrogens is 839 g/mol. The zero-order valence-corrected chi connectivity index (χ0v) is 37.8. The van der Waals surface area contributed by atoms with E-state index in [-0.39, 0.29) is 6.17 Å². The first-order valence-electron chi connectivity index (χ1n) is 23.2. The van der Waals surface area contributed by atoms with E-state index in [0.717, 1.165) is 88.3 Å². The zero-order valence-electron chi connectivity index (χ0n) is 37.8. The van der Waals surface area contributed by atoms with Crippen molar-refractivity contribution in [3.63, 3.8) is 0 Å². The molecule has 1 aliphatic carbocycles. The van der Waals surface area contributed by atoms with Gasteiger partial charge < -0.3 is 10.2 Å². The Morgan fingerprint density at radius 2 is 0.928 bits per heavy atom. The SMILES string of the molecule is Cc1cc(C#N)ccc1-c1cc2c3cc4c(cc3c(-c3ccc(C#N)cc3C)cc2c2ccc(C#N)cc12)-c1ccc(-c2ccc(N3c5ccccc5NC3c3ccccc3)cc2)c2cccc-4c12. The van der Waals surface area contributed by atoms with Gasteiger partial charge in [-0.05, 0) is 214 Å². The van der Waals surface area contributed by atoms with Gasteiger partial charge in [0.25, 0.3) is 0 Å². The van der Waals surface area contributed by atoms with E-state index in [0.29, 0.717) is 16.7 Å². The van der Waals surface area contributed by atoms with Gasteiger partial charge in [0.1, 0.15) is 6.17 Å². The zero-order chi connectivity index (χ0) is 46.5. The molecule has 2 aliphatic rings. The fourth-order valence-corrected chi connectivity index (χ4v) is 11.3. The second-order valence-electron chi connectivity index (χ2n) is 18.3. The monoisotopic (exact) mass is 877 g/mol. The second kappa shape index (κ2) is 15.3. The molecule has 0 saturated heterocycles. The summed E-state index contributed by atoms with van der Waals surface area (Å²) in [6, 6.07) is 73.6. The lowest BCUT2D eigenvalue weighted by Crippen LogP contribution is -2.23. The highest BCUT2D eigenvalue weighted by molar-refractivity contribution is 6.27. The van der Waals surface area contributed by atoms with Gasteiger partial charge in [-0.1, -0.05) is 103 Å². The summed E-state index contributed by atoms with van der Waals surface area (Å²) in [4.78, 5) is 2.39. The third-order valence-corrected chi connectivity index (χ3v) is 14.5. The average molecular weight is 878 g/mol. The summed E-state index contributed by atoms with van der Waals surface area (Å²) in [5, 5.41) is 42.4. The summed E-state index contributed by atoms with van der Waals surface area (Å²) in [6.07, 6.45) is -0.0273. The Bertz CT molecular complexity index is 4170. The summed E-state index contributed by atoms with van der Waals surface area (Å²) in [5.41, 5.74) is 19.8. The molecule has 11 aromatic carbocycles. The average Bonchev–Trinajstić information content (AvgIpc) is 3.94. The van der Waals surface area contributed by atoms with Gasteiger partial charge in [0, 0.05) is 5.69 Å². The van der Waals surface area contributed by atoms with Crippen molar-refractivity contribution in [2.24, 2.45) is 0 Å². The van der Waals surface area contributed by atoms with Crippen LogP contribution in [0.2, 0.25) is 0 Å². The van der Waals surface area contributed by atoms with Crippen LogP contribution >= 0.6 is 0 Å². The van der Waals surface area contributed by atoms with Gasteiger partial charge in [-0.15, -0.1) is 0 Å². The van der Waals surface area contributed by atoms with Crippen LogP contribution < -0.4 is 10.2 Å². The molecule has 0 bridgehead atoms. The van der Waals surface area contributed by atoms with Crippen LogP contribution in [0.15, 0.2) is 188 Å². The van der Waals surface area contributed by atoms with Gasteiger partial charge >= 0.3 is 0 Å². The van der Waals surface area contributed by atoms with Crippen LogP contribution in [0.5, 0.6) is 0 Å². The standard InChI is InChI=1S/C64H39N5/c1-37-27-39(34-65)15-22-45(37)53-31-59-55(48-24-17-41(36-67)29-52(48)53)30-54(46-23-16-40(35-66)28-38(46)2)58-33-57-51-26-25-47(49-11-8-12-50(63(49)51)56(57)32-60(58)59)42-18-20-44(21-19-42)69-62-14-7-6-13-61(62)68-64(69)43-9-4-3-5-10-43/h3-33,64,68H,1-2H3. The molecule has 1 atom stereocenters. The minimum Gasteiger partial charge on any atom is -0.359 e. The quantitative estimate of drug-likeness (QED) is 0.174. The molecular formula is C64H39N5. The van der Waals surface area contributed by atoms with Gasteiger partial charge in [-0.2, -0.15) is 15.8 Å². The van der Waals surface area contributed by atoms with E-state index >= 15 is 0 Å². The lowest BCUT2D eigenvalue weighted by Gasteiger charge is -2.27. The molecule has 11 aromatic rings. The number of aryl methyl sites for hydroxylation is 2. The van der Waals surface area contributed by atoms with Crippen molar-refractivity contribution < 1.29 is 0 Å². The summed E-state index contributed by atoms with van der Waals surface area (Å²) >= 11 is 0. The molecule has 0 amide bonds. The number of benzene rings is 11. The Labute approximate surface area is 399 Å². The smallest absolute Gasteiger partial charge is 0.130 e. The van der Waals surface area contributed by atoms with Crippen LogP contribution in [-0.2, 0) is 0 Å². The molecule has 13 rings (SSSR count). The Morgan fingerprint density at radius 3 is 1.61 bits per heavy atom. The minimum atomic E-state index is -0.0273. The molecule has 320 valence electrons. The summed E-state index contributed by atoms with van der Waals surface area (Å²) in [7, 11) is 0. The predicted molar refractivity (Wildman–Crippen MR) is 282 cm³/mol. The van der Waals surface area contributed by atoms with Crippen LogP contribution in [0.1, 0.15) is 39.5 Å². The van der Waals surface area contributed by atoms with Crippen LogP contribution in [0.4, 0.5) is 17.1 Å². The van der Waals surface area contributed by atoms with E-state index < -0.39 is 0 Å². The van der Waals surface area contributed by atoms with Gasteiger partial charge in [0.05, 0.1) is 46.3 Å². The topological polar surface area (TPSA) is 86.6 Å². The fraction of sp³-hybridized carbons (Fsp3) is 0.0469. The third-order valence-electron chi connectivity index (χ3n) is 14.5. The van der Waals surface area contributed by atoms with Gasteiger partial charge in [0.2, 0.25) is 0 Å². The van der Waals surface area contributed by atoms with E-state index in [2.05, 4.69) is 181 Å². The lowest BCUT2D eigenvalue weighted by atomic mass is 9.84. The molecule has 1 aliphatic heterocycles. The van der Waals surface area contributed by atoms with Gasteiger partial charge in [-0.3, -0.25) is 0 Å². The Hall–Kier alpha value is -9.47. The molecule has 69 heavy (non-hydrogen) atoms. The molecule has 1 heterocycles. The van der Waals surface area contributed by atoms with Crippen LogP contribution in [0, 0.1) is 47.8 Å². The van der Waals surface area contributed by atoms with E-state index in [1.165, 1.54) is 44.2 Å². The lowest BCUT2D eigenvalue weighted by molar-refractivity contribution is 0.828. The highest BCUT2D eigenvalue weighted by Gasteiger charge is 2.31. The maximum Gasteiger partial charge on any atom is 0.130 e. The first kappa shape index (κ1) is 39.9. The molecule has 0 spiro atoms. The normalized spacial score (nSPS) is 13.3. The highest BCUT2D eigenvalue weighted by Crippen LogP contribution is 2.54. The van der Waals surface area contributed by atoms with Crippen molar-refractivity contribution >= 4 is 60.2 Å². The van der Waals surface area contributed by atoms with E-state index in [9.17, 15) is 15.8 Å². The number of rotatable bonds is 5. The first-order chi connectivity index (χ1) is 33.9. The Balaban J connectivity index is 1.01. The van der Waals surface area contributed by atoms with E-state index in [1.54, 1.807) is 0 Å².